The maximum atomic E-state index is 5.47. The van der Waals surface area contributed by atoms with Crippen LogP contribution in [0.15, 0.2) is 0 Å². The number of hydrogen-bond acceptors (Lipinski definition) is 4. The number of rotatable bonds is 8. The average molecular weight is 190 g/mol. The third kappa shape index (κ3) is 8.18. The van der Waals surface area contributed by atoms with Crippen molar-refractivity contribution in [2.45, 2.75) is 32.5 Å². The summed E-state index contributed by atoms with van der Waals surface area (Å²) in [5, 5.41) is 0. The Morgan fingerprint density at radius 2 is 1.31 bits per heavy atom. The van der Waals surface area contributed by atoms with Gasteiger partial charge < -0.3 is 20.9 Å². The summed E-state index contributed by atoms with van der Waals surface area (Å²) in [6, 6.07) is 0. The third-order valence-electron chi connectivity index (χ3n) is 1.60. The van der Waals surface area contributed by atoms with Gasteiger partial charge in [-0.15, -0.1) is 0 Å². The highest BCUT2D eigenvalue weighted by atomic mass is 16.7. The van der Waals surface area contributed by atoms with Crippen LogP contribution in [-0.2, 0) is 9.47 Å². The minimum absolute atomic E-state index is 0.510. The molecule has 13 heavy (non-hydrogen) atoms. The summed E-state index contributed by atoms with van der Waals surface area (Å²) in [5.41, 5.74) is 10.7. The Morgan fingerprint density at radius 1 is 0.923 bits per heavy atom. The molecule has 0 aliphatic heterocycles. The SMILES string of the molecule is CC(C)(OCCCN)OCCCN. The molecule has 0 aliphatic rings. The molecule has 0 aromatic heterocycles. The predicted octanol–water partition coefficient (Wildman–Crippen LogP) is 0.453. The molecule has 0 unspecified atom stereocenters. The van der Waals surface area contributed by atoms with Crippen LogP contribution in [0, 0.1) is 0 Å². The lowest BCUT2D eigenvalue weighted by Gasteiger charge is -2.25. The van der Waals surface area contributed by atoms with E-state index in [0.717, 1.165) is 12.8 Å². The molecule has 0 bridgehead atoms. The molecule has 0 saturated carbocycles. The molecule has 0 spiro atoms. The molecule has 0 aromatic rings. The van der Waals surface area contributed by atoms with Gasteiger partial charge in [-0.1, -0.05) is 0 Å². The number of ether oxygens (including phenoxy) is 2. The van der Waals surface area contributed by atoms with Crippen molar-refractivity contribution in [3.05, 3.63) is 0 Å². The van der Waals surface area contributed by atoms with Gasteiger partial charge in [0.2, 0.25) is 0 Å². The minimum atomic E-state index is -0.510. The van der Waals surface area contributed by atoms with Gasteiger partial charge in [0, 0.05) is 0 Å². The van der Waals surface area contributed by atoms with Crippen LogP contribution < -0.4 is 11.5 Å². The Hall–Kier alpha value is -0.160. The van der Waals surface area contributed by atoms with E-state index in [-0.39, 0.29) is 0 Å². The van der Waals surface area contributed by atoms with E-state index in [4.69, 9.17) is 20.9 Å². The minimum Gasteiger partial charge on any atom is -0.350 e. The Balaban J connectivity index is 3.42. The molecule has 80 valence electrons. The summed E-state index contributed by atoms with van der Waals surface area (Å²) in [7, 11) is 0. The molecule has 4 nitrogen and oxygen atoms in total. The van der Waals surface area contributed by atoms with Gasteiger partial charge in [0.05, 0.1) is 13.2 Å². The summed E-state index contributed by atoms with van der Waals surface area (Å²) >= 11 is 0. The molecule has 0 heterocycles. The van der Waals surface area contributed by atoms with Crippen LogP contribution in [-0.4, -0.2) is 32.1 Å². The highest BCUT2D eigenvalue weighted by Crippen LogP contribution is 2.11. The van der Waals surface area contributed by atoms with Gasteiger partial charge in [-0.05, 0) is 39.8 Å². The van der Waals surface area contributed by atoms with E-state index in [1.807, 2.05) is 13.8 Å². The van der Waals surface area contributed by atoms with Gasteiger partial charge in [-0.25, -0.2) is 0 Å². The van der Waals surface area contributed by atoms with Gasteiger partial charge in [-0.2, -0.15) is 0 Å². The van der Waals surface area contributed by atoms with Crippen molar-refractivity contribution >= 4 is 0 Å². The second-order valence-electron chi connectivity index (χ2n) is 3.38. The van der Waals surface area contributed by atoms with Crippen LogP contribution >= 0.6 is 0 Å². The highest BCUT2D eigenvalue weighted by molar-refractivity contribution is 4.54. The van der Waals surface area contributed by atoms with E-state index in [0.29, 0.717) is 26.3 Å². The summed E-state index contributed by atoms with van der Waals surface area (Å²) in [5.74, 6) is -0.510. The Bertz CT molecular complexity index is 106. The lowest BCUT2D eigenvalue weighted by molar-refractivity contribution is -0.213. The normalized spacial score (nSPS) is 12.0. The van der Waals surface area contributed by atoms with E-state index in [1.165, 1.54) is 0 Å². The van der Waals surface area contributed by atoms with Gasteiger partial charge in [-0.3, -0.25) is 0 Å². The van der Waals surface area contributed by atoms with Gasteiger partial charge in [0.15, 0.2) is 5.79 Å². The van der Waals surface area contributed by atoms with Crippen LogP contribution in [0.25, 0.3) is 0 Å². The van der Waals surface area contributed by atoms with Gasteiger partial charge in [0.1, 0.15) is 0 Å². The first-order chi connectivity index (χ1) is 6.12. The van der Waals surface area contributed by atoms with Crippen molar-refractivity contribution in [1.82, 2.24) is 0 Å². The summed E-state index contributed by atoms with van der Waals surface area (Å²) in [6.07, 6.45) is 1.73. The molecule has 0 aromatic carbocycles. The zero-order valence-corrected chi connectivity index (χ0v) is 8.71. The predicted molar refractivity (Wildman–Crippen MR) is 53.3 cm³/mol. The third-order valence-corrected chi connectivity index (χ3v) is 1.60. The smallest absolute Gasteiger partial charge is 0.162 e. The summed E-state index contributed by atoms with van der Waals surface area (Å²) < 4.78 is 10.9. The number of nitrogens with two attached hydrogens (primary N) is 2. The largest absolute Gasteiger partial charge is 0.350 e. The van der Waals surface area contributed by atoms with Crippen molar-refractivity contribution in [1.29, 1.82) is 0 Å². The van der Waals surface area contributed by atoms with Crippen LogP contribution in [0.1, 0.15) is 26.7 Å². The zero-order valence-electron chi connectivity index (χ0n) is 8.71. The fourth-order valence-electron chi connectivity index (χ4n) is 0.844. The molecular formula is C9H22N2O2. The molecular weight excluding hydrogens is 168 g/mol. The second kappa shape index (κ2) is 7.26. The molecule has 4 N–H and O–H groups in total. The van der Waals surface area contributed by atoms with Crippen molar-refractivity contribution in [3.8, 4) is 0 Å². The lowest BCUT2D eigenvalue weighted by atomic mass is 10.3. The molecule has 0 radical (unpaired) electrons. The van der Waals surface area contributed by atoms with Crippen molar-refractivity contribution in [2.75, 3.05) is 26.3 Å². The van der Waals surface area contributed by atoms with Crippen molar-refractivity contribution in [2.24, 2.45) is 11.5 Å². The first kappa shape index (κ1) is 12.8. The Kier molecular flexibility index (Phi) is 7.17. The Morgan fingerprint density at radius 3 is 1.62 bits per heavy atom. The first-order valence-corrected chi connectivity index (χ1v) is 4.80. The maximum Gasteiger partial charge on any atom is 0.162 e. The lowest BCUT2D eigenvalue weighted by Crippen LogP contribution is -2.30. The van der Waals surface area contributed by atoms with Crippen LogP contribution in [0.5, 0.6) is 0 Å². The molecule has 0 aliphatic carbocycles. The standard InChI is InChI=1S/C9H22N2O2/c1-9(2,12-7-3-5-10)13-8-4-6-11/h3-8,10-11H2,1-2H3. The van der Waals surface area contributed by atoms with Crippen LogP contribution in [0.4, 0.5) is 0 Å². The monoisotopic (exact) mass is 190 g/mol. The fourth-order valence-corrected chi connectivity index (χ4v) is 0.844. The number of hydrogen-bond donors (Lipinski definition) is 2. The first-order valence-electron chi connectivity index (χ1n) is 4.80. The van der Waals surface area contributed by atoms with Gasteiger partial charge in [0.25, 0.3) is 0 Å². The summed E-state index contributed by atoms with van der Waals surface area (Å²) in [4.78, 5) is 0. The topological polar surface area (TPSA) is 70.5 Å². The highest BCUT2D eigenvalue weighted by Gasteiger charge is 2.17. The van der Waals surface area contributed by atoms with E-state index in [2.05, 4.69) is 0 Å². The van der Waals surface area contributed by atoms with E-state index < -0.39 is 5.79 Å². The summed E-state index contributed by atoms with van der Waals surface area (Å²) in [6.45, 7) is 6.40. The van der Waals surface area contributed by atoms with Gasteiger partial charge >= 0.3 is 0 Å². The quantitative estimate of drug-likeness (QED) is 0.431. The van der Waals surface area contributed by atoms with Crippen molar-refractivity contribution in [3.63, 3.8) is 0 Å². The van der Waals surface area contributed by atoms with Crippen LogP contribution in [0.2, 0.25) is 0 Å². The van der Waals surface area contributed by atoms with Crippen LogP contribution in [0.3, 0.4) is 0 Å². The molecule has 0 amide bonds. The zero-order chi connectivity index (χ0) is 10.2. The molecule has 0 fully saturated rings. The van der Waals surface area contributed by atoms with E-state index >= 15 is 0 Å². The molecule has 4 heteroatoms. The fraction of sp³-hybridized carbons (Fsp3) is 1.00. The van der Waals surface area contributed by atoms with Crippen molar-refractivity contribution < 1.29 is 9.47 Å². The Labute approximate surface area is 80.6 Å². The second-order valence-corrected chi connectivity index (χ2v) is 3.38. The van der Waals surface area contributed by atoms with E-state index in [1.54, 1.807) is 0 Å². The van der Waals surface area contributed by atoms with E-state index in [9.17, 15) is 0 Å². The average Bonchev–Trinajstić information content (AvgIpc) is 2.05. The molecule has 0 saturated heterocycles. The molecule has 0 atom stereocenters. The molecule has 0 rings (SSSR count). The maximum absolute atomic E-state index is 5.47.